The summed E-state index contributed by atoms with van der Waals surface area (Å²) in [6, 6.07) is 9.18. The lowest BCUT2D eigenvalue weighted by Crippen LogP contribution is -2.54. The van der Waals surface area contributed by atoms with Crippen LogP contribution in [0.4, 0.5) is 11.5 Å². The molecule has 0 unspecified atom stereocenters. The number of ether oxygens (including phenoxy) is 2. The van der Waals surface area contributed by atoms with E-state index in [-0.39, 0.29) is 18.6 Å². The van der Waals surface area contributed by atoms with Gasteiger partial charge in [-0.15, -0.1) is 0 Å². The minimum Gasteiger partial charge on any atom is -0.493 e. The third-order valence-corrected chi connectivity index (χ3v) is 7.37. The van der Waals surface area contributed by atoms with E-state index in [4.69, 9.17) is 16.0 Å². The Kier molecular flexibility index (Phi) is 7.36. The van der Waals surface area contributed by atoms with E-state index in [0.29, 0.717) is 36.8 Å². The molecule has 0 aliphatic carbocycles. The number of carbonyl (C=O) groups excluding carboxylic acids is 1. The van der Waals surface area contributed by atoms with Gasteiger partial charge in [-0.25, -0.2) is 4.85 Å². The number of anilines is 1. The van der Waals surface area contributed by atoms with E-state index in [2.05, 4.69) is 14.7 Å². The highest BCUT2D eigenvalue weighted by Gasteiger charge is 2.49. The molecule has 10 heteroatoms. The van der Waals surface area contributed by atoms with Gasteiger partial charge in [-0.2, -0.15) is 0 Å². The van der Waals surface area contributed by atoms with Crippen LogP contribution in [0, 0.1) is 12.0 Å². The first-order valence-corrected chi connectivity index (χ1v) is 11.9. The summed E-state index contributed by atoms with van der Waals surface area (Å²) >= 11 is 0. The number of benzene rings is 1. The van der Waals surface area contributed by atoms with Crippen LogP contribution < -0.4 is 14.4 Å². The molecule has 1 aromatic carbocycles. The highest BCUT2D eigenvalue weighted by atomic mass is 16.5. The fraction of sp³-hybridized carbons (Fsp3) is 0.500. The molecule has 4 rings (SSSR count). The van der Waals surface area contributed by atoms with Crippen molar-refractivity contribution in [2.75, 3.05) is 44.8 Å². The van der Waals surface area contributed by atoms with Crippen LogP contribution in [-0.2, 0) is 4.79 Å². The van der Waals surface area contributed by atoms with Crippen LogP contribution in [0.25, 0.3) is 4.85 Å². The lowest BCUT2D eigenvalue weighted by atomic mass is 9.72. The second-order valence-corrected chi connectivity index (χ2v) is 9.69. The molecule has 0 radical (unpaired) electrons. The summed E-state index contributed by atoms with van der Waals surface area (Å²) in [6.07, 6.45) is -0.733. The molecular weight excluding hydrogens is 464 g/mol. The first-order chi connectivity index (χ1) is 17.2. The molecule has 2 aromatic rings. The fourth-order valence-electron chi connectivity index (χ4n) is 4.89. The zero-order valence-corrected chi connectivity index (χ0v) is 20.7. The number of hydrogen-bond acceptors (Lipinski definition) is 8. The van der Waals surface area contributed by atoms with Crippen molar-refractivity contribution < 1.29 is 29.6 Å². The zero-order valence-electron chi connectivity index (χ0n) is 20.7. The average molecular weight is 497 g/mol. The Balaban J connectivity index is 1.51. The van der Waals surface area contributed by atoms with E-state index in [1.807, 2.05) is 31.2 Å². The van der Waals surface area contributed by atoms with Gasteiger partial charge in [-0.3, -0.25) is 9.78 Å². The number of aliphatic hydroxyl groups excluding tert-OH is 3. The molecule has 2 aliphatic heterocycles. The summed E-state index contributed by atoms with van der Waals surface area (Å²) < 4.78 is 11.8. The van der Waals surface area contributed by atoms with Gasteiger partial charge in [0.2, 0.25) is 5.69 Å². The van der Waals surface area contributed by atoms with Crippen LogP contribution >= 0.6 is 0 Å². The molecule has 1 amide bonds. The summed E-state index contributed by atoms with van der Waals surface area (Å²) in [5, 5.41) is 29.7. The van der Waals surface area contributed by atoms with E-state index in [1.54, 1.807) is 26.3 Å². The minimum atomic E-state index is -1.48. The molecule has 1 aromatic heterocycles. The van der Waals surface area contributed by atoms with Crippen molar-refractivity contribution >= 4 is 17.4 Å². The largest absolute Gasteiger partial charge is 0.493 e. The quantitative estimate of drug-likeness (QED) is 0.471. The molecule has 36 heavy (non-hydrogen) atoms. The van der Waals surface area contributed by atoms with Crippen LogP contribution in [0.5, 0.6) is 11.5 Å². The van der Waals surface area contributed by atoms with Gasteiger partial charge in [-0.05, 0) is 30.7 Å². The Labute approximate surface area is 210 Å². The number of nitrogens with zero attached hydrogens (tertiary/aromatic N) is 4. The maximum Gasteiger partial charge on any atom is 0.253 e. The van der Waals surface area contributed by atoms with Crippen molar-refractivity contribution in [2.24, 2.45) is 5.41 Å². The van der Waals surface area contributed by atoms with Crippen molar-refractivity contribution in [1.29, 1.82) is 0 Å². The Bertz CT molecular complexity index is 1130. The van der Waals surface area contributed by atoms with E-state index >= 15 is 0 Å². The van der Waals surface area contributed by atoms with Gasteiger partial charge < -0.3 is 34.6 Å². The molecule has 4 atom stereocenters. The number of carbonyl (C=O) groups is 1. The molecule has 2 saturated heterocycles. The van der Waals surface area contributed by atoms with Gasteiger partial charge >= 0.3 is 0 Å². The monoisotopic (exact) mass is 496 g/mol. The number of hydrogen-bond donors (Lipinski definition) is 3. The normalized spacial score (nSPS) is 23.5. The van der Waals surface area contributed by atoms with E-state index in [1.165, 1.54) is 4.90 Å². The summed E-state index contributed by atoms with van der Waals surface area (Å²) in [6.45, 7) is 11.8. The Morgan fingerprint density at radius 2 is 2.00 bits per heavy atom. The van der Waals surface area contributed by atoms with Gasteiger partial charge in [0.1, 0.15) is 11.9 Å². The second kappa shape index (κ2) is 10.3. The lowest BCUT2D eigenvalue weighted by molar-refractivity contribution is -0.141. The minimum absolute atomic E-state index is 0.0824. The maximum absolute atomic E-state index is 12.6. The topological polar surface area (TPSA) is 120 Å². The van der Waals surface area contributed by atoms with E-state index < -0.39 is 30.1 Å². The molecule has 192 valence electrons. The third-order valence-electron chi connectivity index (χ3n) is 7.37. The smallest absolute Gasteiger partial charge is 0.253 e. The number of methoxy groups -OCH3 is 1. The number of aromatic nitrogens is 1. The fourth-order valence-corrected chi connectivity index (χ4v) is 4.89. The molecule has 3 N–H and O–H groups in total. The summed E-state index contributed by atoms with van der Waals surface area (Å²) in [5.74, 6) is 1.17. The number of rotatable bonds is 8. The van der Waals surface area contributed by atoms with Crippen LogP contribution in [0.15, 0.2) is 36.5 Å². The zero-order chi connectivity index (χ0) is 26.0. The summed E-state index contributed by atoms with van der Waals surface area (Å²) in [4.78, 5) is 23.8. The van der Waals surface area contributed by atoms with Gasteiger partial charge in [0, 0.05) is 30.6 Å². The summed E-state index contributed by atoms with van der Waals surface area (Å²) in [5.41, 5.74) is 0.721. The predicted molar refractivity (Wildman–Crippen MR) is 132 cm³/mol. The molecule has 0 saturated carbocycles. The second-order valence-electron chi connectivity index (χ2n) is 9.69. The first-order valence-electron chi connectivity index (χ1n) is 11.9. The van der Waals surface area contributed by atoms with Gasteiger partial charge in [0.05, 0.1) is 39.5 Å². The molecular formula is C26H32N4O6. The van der Waals surface area contributed by atoms with Gasteiger partial charge in [-0.1, -0.05) is 19.1 Å². The van der Waals surface area contributed by atoms with Crippen molar-refractivity contribution in [2.45, 2.75) is 38.1 Å². The Morgan fingerprint density at radius 1 is 1.25 bits per heavy atom. The van der Waals surface area contributed by atoms with Crippen molar-refractivity contribution in [3.05, 3.63) is 53.5 Å². The van der Waals surface area contributed by atoms with E-state index in [0.717, 1.165) is 11.4 Å². The maximum atomic E-state index is 12.6. The number of aliphatic hydroxyl groups is 3. The molecule has 10 nitrogen and oxygen atoms in total. The van der Waals surface area contributed by atoms with E-state index in [9.17, 15) is 20.1 Å². The van der Waals surface area contributed by atoms with Crippen LogP contribution in [0.3, 0.4) is 0 Å². The number of pyridine rings is 1. The van der Waals surface area contributed by atoms with Gasteiger partial charge in [0.15, 0.2) is 17.6 Å². The third kappa shape index (κ3) is 4.82. The highest BCUT2D eigenvalue weighted by Crippen LogP contribution is 2.47. The van der Waals surface area contributed by atoms with Crippen LogP contribution in [0.1, 0.15) is 25.3 Å². The Hall–Kier alpha value is -3.39. The van der Waals surface area contributed by atoms with Crippen LogP contribution in [0.2, 0.25) is 0 Å². The highest BCUT2D eigenvalue weighted by molar-refractivity contribution is 5.81. The van der Waals surface area contributed by atoms with Gasteiger partial charge in [0.25, 0.3) is 5.91 Å². The average Bonchev–Trinajstić information content (AvgIpc) is 3.23. The lowest BCUT2D eigenvalue weighted by Gasteiger charge is -2.40. The molecule has 0 bridgehead atoms. The van der Waals surface area contributed by atoms with Crippen molar-refractivity contribution in [3.8, 4) is 11.5 Å². The Morgan fingerprint density at radius 3 is 2.58 bits per heavy atom. The molecule has 3 heterocycles. The molecule has 2 aliphatic rings. The number of amides is 1. The first kappa shape index (κ1) is 25.7. The standard InChI is InChI=1S/C26H32N4O6/c1-16(32)26(2)15-30(25(34)21(33)14-31)13-20(26)17-5-7-22(35-4)23(9-17)36-19-11-29(12-19)24-8-6-18(27-3)10-28-24/h5-10,16,19-21,31-33H,11-15H2,1-2,4H3/t16-,20+,21+,26+/m1/s1. The van der Waals surface area contributed by atoms with Crippen LogP contribution in [-0.4, -0.2) is 89.3 Å². The number of likely N-dealkylation sites (tertiary alicyclic amines) is 1. The SMILES string of the molecule is [C-]#[N+]c1ccc(N2CC(Oc3cc([C@@H]4CN(C(=O)[C@@H](O)CO)C[C@@]4(C)[C@@H](C)O)ccc3OC)C2)nc1. The molecule has 0 spiro atoms. The predicted octanol–water partition coefficient (Wildman–Crippen LogP) is 1.57. The molecule has 2 fully saturated rings. The summed E-state index contributed by atoms with van der Waals surface area (Å²) in [7, 11) is 1.57. The van der Waals surface area contributed by atoms with Crippen molar-refractivity contribution in [1.82, 2.24) is 9.88 Å². The van der Waals surface area contributed by atoms with Crippen molar-refractivity contribution in [3.63, 3.8) is 0 Å².